The van der Waals surface area contributed by atoms with Crippen molar-refractivity contribution >= 4 is 5.82 Å². The van der Waals surface area contributed by atoms with E-state index in [0.29, 0.717) is 12.4 Å². The van der Waals surface area contributed by atoms with E-state index in [1.54, 1.807) is 10.9 Å². The third kappa shape index (κ3) is 3.48. The highest BCUT2D eigenvalue weighted by molar-refractivity contribution is 5.40. The Labute approximate surface area is 135 Å². The molecule has 0 amide bonds. The fourth-order valence-corrected chi connectivity index (χ4v) is 2.42. The van der Waals surface area contributed by atoms with Crippen molar-refractivity contribution in [3.8, 4) is 11.6 Å². The fraction of sp³-hybridized carbons (Fsp3) is 0.235. The average Bonchev–Trinajstić information content (AvgIpc) is 3.03. The van der Waals surface area contributed by atoms with Crippen LogP contribution >= 0.6 is 0 Å². The molecule has 0 fully saturated rings. The van der Waals surface area contributed by atoms with Gasteiger partial charge in [0.2, 0.25) is 5.88 Å². The number of ether oxygens (including phenoxy) is 1. The second kappa shape index (κ2) is 6.91. The number of nitrogens with two attached hydrogens (primary N) is 1. The van der Waals surface area contributed by atoms with Crippen LogP contribution in [0.5, 0.6) is 5.88 Å². The summed E-state index contributed by atoms with van der Waals surface area (Å²) in [5, 5.41) is 4.30. The van der Waals surface area contributed by atoms with Gasteiger partial charge in [-0.3, -0.25) is 0 Å². The van der Waals surface area contributed by atoms with Gasteiger partial charge in [-0.15, -0.1) is 0 Å². The lowest BCUT2D eigenvalue weighted by molar-refractivity contribution is 0.290. The van der Waals surface area contributed by atoms with Crippen molar-refractivity contribution in [2.45, 2.75) is 19.8 Å². The van der Waals surface area contributed by atoms with E-state index in [0.717, 1.165) is 35.7 Å². The smallest absolute Gasteiger partial charge is 0.216 e. The molecule has 3 aromatic rings. The van der Waals surface area contributed by atoms with E-state index in [1.807, 2.05) is 43.3 Å². The van der Waals surface area contributed by atoms with E-state index in [2.05, 4.69) is 15.1 Å². The lowest BCUT2D eigenvalue weighted by Crippen LogP contribution is -2.07. The topological polar surface area (TPSA) is 78.8 Å². The summed E-state index contributed by atoms with van der Waals surface area (Å²) >= 11 is 0. The maximum absolute atomic E-state index is 5.89. The molecule has 0 aliphatic heterocycles. The fourth-order valence-electron chi connectivity index (χ4n) is 2.42. The molecule has 0 radical (unpaired) electrons. The number of hydrogen-bond acceptors (Lipinski definition) is 5. The largest absolute Gasteiger partial charge is 0.478 e. The van der Waals surface area contributed by atoms with Crippen LogP contribution in [0.2, 0.25) is 0 Å². The van der Waals surface area contributed by atoms with Crippen LogP contribution in [-0.4, -0.2) is 26.4 Å². The highest BCUT2D eigenvalue weighted by Crippen LogP contribution is 2.18. The van der Waals surface area contributed by atoms with Crippen LogP contribution in [0.3, 0.4) is 0 Å². The van der Waals surface area contributed by atoms with Crippen LogP contribution in [0.4, 0.5) is 5.82 Å². The number of hydrogen-bond donors (Lipinski definition) is 1. The maximum atomic E-state index is 5.89. The number of nitrogens with zero attached hydrogens (tertiary/aromatic N) is 4. The zero-order valence-electron chi connectivity index (χ0n) is 13.0. The third-order valence-electron chi connectivity index (χ3n) is 3.62. The first-order chi connectivity index (χ1) is 11.3. The van der Waals surface area contributed by atoms with Crippen molar-refractivity contribution in [3.05, 3.63) is 60.2 Å². The summed E-state index contributed by atoms with van der Waals surface area (Å²) < 4.78 is 7.63. The SMILES string of the molecule is Cc1ncnc(N)c1CCCOc1ccnn1-c1ccccc1. The summed E-state index contributed by atoms with van der Waals surface area (Å²) in [6, 6.07) is 11.8. The predicted molar refractivity (Wildman–Crippen MR) is 88.6 cm³/mol. The first kappa shape index (κ1) is 15.0. The van der Waals surface area contributed by atoms with Crippen molar-refractivity contribution in [3.63, 3.8) is 0 Å². The molecule has 6 heteroatoms. The maximum Gasteiger partial charge on any atom is 0.216 e. The minimum absolute atomic E-state index is 0.548. The number of nitrogen functional groups attached to an aromatic ring is 1. The van der Waals surface area contributed by atoms with Crippen LogP contribution in [0.1, 0.15) is 17.7 Å². The van der Waals surface area contributed by atoms with Gasteiger partial charge in [0, 0.05) is 17.3 Å². The predicted octanol–water partition coefficient (Wildman–Crippen LogP) is 2.56. The zero-order valence-corrected chi connectivity index (χ0v) is 13.0. The molecule has 1 aromatic carbocycles. The summed E-state index contributed by atoms with van der Waals surface area (Å²) in [6.45, 7) is 2.52. The molecule has 0 unspecified atom stereocenters. The molecule has 0 aliphatic rings. The average molecular weight is 309 g/mol. The summed E-state index contributed by atoms with van der Waals surface area (Å²) in [5.41, 5.74) is 8.78. The lowest BCUT2D eigenvalue weighted by atomic mass is 10.1. The minimum Gasteiger partial charge on any atom is -0.478 e. The molecule has 0 saturated heterocycles. The first-order valence-corrected chi connectivity index (χ1v) is 7.54. The number of para-hydroxylation sites is 1. The van der Waals surface area contributed by atoms with Gasteiger partial charge in [0.1, 0.15) is 12.1 Å². The molecule has 2 N–H and O–H groups in total. The van der Waals surface area contributed by atoms with Crippen LogP contribution in [0, 0.1) is 6.92 Å². The van der Waals surface area contributed by atoms with Gasteiger partial charge in [0.25, 0.3) is 0 Å². The molecule has 2 aromatic heterocycles. The third-order valence-corrected chi connectivity index (χ3v) is 3.62. The molecular formula is C17H19N5O. The molecule has 0 aliphatic carbocycles. The van der Waals surface area contributed by atoms with E-state index < -0.39 is 0 Å². The van der Waals surface area contributed by atoms with Gasteiger partial charge in [0.15, 0.2) is 0 Å². The van der Waals surface area contributed by atoms with Gasteiger partial charge in [-0.25, -0.2) is 14.6 Å². The second-order valence-electron chi connectivity index (χ2n) is 5.19. The van der Waals surface area contributed by atoms with E-state index >= 15 is 0 Å². The number of aromatic nitrogens is 4. The van der Waals surface area contributed by atoms with Crippen molar-refractivity contribution in [1.29, 1.82) is 0 Å². The van der Waals surface area contributed by atoms with Crippen LogP contribution < -0.4 is 10.5 Å². The van der Waals surface area contributed by atoms with Gasteiger partial charge < -0.3 is 10.5 Å². The Balaban J connectivity index is 1.59. The summed E-state index contributed by atoms with van der Waals surface area (Å²) in [4.78, 5) is 8.21. The minimum atomic E-state index is 0.548. The van der Waals surface area contributed by atoms with Crippen LogP contribution in [0.15, 0.2) is 48.9 Å². The summed E-state index contributed by atoms with van der Waals surface area (Å²) in [7, 11) is 0. The molecule has 0 saturated carbocycles. The Kier molecular flexibility index (Phi) is 4.52. The van der Waals surface area contributed by atoms with Crippen LogP contribution in [0.25, 0.3) is 5.69 Å². The molecule has 118 valence electrons. The number of benzene rings is 1. The standard InChI is InChI=1S/C17H19N5O/c1-13-15(17(18)20-12-19-13)8-5-11-23-16-9-10-21-22(16)14-6-3-2-4-7-14/h2-4,6-7,9-10,12H,5,8,11H2,1H3,(H2,18,19,20). The van der Waals surface area contributed by atoms with Gasteiger partial charge >= 0.3 is 0 Å². The van der Waals surface area contributed by atoms with Crippen LogP contribution in [-0.2, 0) is 6.42 Å². The van der Waals surface area contributed by atoms with Crippen molar-refractivity contribution in [2.75, 3.05) is 12.3 Å². The molecule has 0 spiro atoms. The van der Waals surface area contributed by atoms with Gasteiger partial charge in [-0.2, -0.15) is 5.10 Å². The van der Waals surface area contributed by atoms with E-state index in [-0.39, 0.29) is 0 Å². The van der Waals surface area contributed by atoms with E-state index in [1.165, 1.54) is 6.33 Å². The number of rotatable bonds is 6. The van der Waals surface area contributed by atoms with E-state index in [4.69, 9.17) is 10.5 Å². The van der Waals surface area contributed by atoms with Gasteiger partial charge in [0.05, 0.1) is 18.5 Å². The van der Waals surface area contributed by atoms with Crippen molar-refractivity contribution < 1.29 is 4.74 Å². The van der Waals surface area contributed by atoms with Gasteiger partial charge in [-0.1, -0.05) is 18.2 Å². The number of aryl methyl sites for hydroxylation is 1. The first-order valence-electron chi connectivity index (χ1n) is 7.54. The molecule has 6 nitrogen and oxygen atoms in total. The highest BCUT2D eigenvalue weighted by atomic mass is 16.5. The Morgan fingerprint density at radius 3 is 2.74 bits per heavy atom. The quantitative estimate of drug-likeness (QED) is 0.708. The Morgan fingerprint density at radius 1 is 1.13 bits per heavy atom. The highest BCUT2D eigenvalue weighted by Gasteiger charge is 2.07. The molecule has 23 heavy (non-hydrogen) atoms. The normalized spacial score (nSPS) is 10.7. The van der Waals surface area contributed by atoms with Crippen molar-refractivity contribution in [1.82, 2.24) is 19.7 Å². The van der Waals surface area contributed by atoms with Crippen molar-refractivity contribution in [2.24, 2.45) is 0 Å². The number of anilines is 1. The summed E-state index contributed by atoms with van der Waals surface area (Å²) in [6.07, 6.45) is 4.84. The molecule has 0 bridgehead atoms. The monoisotopic (exact) mass is 309 g/mol. The Bertz CT molecular complexity index is 749. The van der Waals surface area contributed by atoms with Gasteiger partial charge in [-0.05, 0) is 31.9 Å². The summed E-state index contributed by atoms with van der Waals surface area (Å²) in [5.74, 6) is 1.28. The Hall–Kier alpha value is -2.89. The van der Waals surface area contributed by atoms with E-state index in [9.17, 15) is 0 Å². The molecule has 2 heterocycles. The molecule has 3 rings (SSSR count). The Morgan fingerprint density at radius 2 is 1.96 bits per heavy atom. The molecule has 0 atom stereocenters. The lowest BCUT2D eigenvalue weighted by Gasteiger charge is -2.10. The zero-order chi connectivity index (χ0) is 16.1. The molecular weight excluding hydrogens is 290 g/mol. The second-order valence-corrected chi connectivity index (χ2v) is 5.19.